The highest BCUT2D eigenvalue weighted by molar-refractivity contribution is 9.10. The van der Waals surface area contributed by atoms with E-state index >= 15 is 0 Å². The highest BCUT2D eigenvalue weighted by atomic mass is 79.9. The fourth-order valence-electron chi connectivity index (χ4n) is 2.17. The maximum Gasteiger partial charge on any atom is 0.191 e. The molecule has 1 saturated heterocycles. The van der Waals surface area contributed by atoms with Crippen LogP contribution >= 0.6 is 15.9 Å². The van der Waals surface area contributed by atoms with Crippen molar-refractivity contribution >= 4 is 21.9 Å². The van der Waals surface area contributed by atoms with Crippen molar-refractivity contribution in [2.75, 3.05) is 13.1 Å². The van der Waals surface area contributed by atoms with Gasteiger partial charge in [0.2, 0.25) is 0 Å². The summed E-state index contributed by atoms with van der Waals surface area (Å²) in [7, 11) is 0. The van der Waals surface area contributed by atoms with Gasteiger partial charge in [-0.2, -0.15) is 0 Å². The van der Waals surface area contributed by atoms with Crippen LogP contribution in [0.1, 0.15) is 25.3 Å². The largest absolute Gasteiger partial charge is 0.370 e. The van der Waals surface area contributed by atoms with Crippen LogP contribution in [0.2, 0.25) is 0 Å². The molecule has 0 aliphatic carbocycles. The topological polar surface area (TPSA) is 41.6 Å². The standard InChI is InChI=1S/C14H19BrFN3/c1-10-4-6-19(7-5-10)14(17)18-9-11-8-12(16)2-3-13(11)15/h2-3,8,10H,4-7,9H2,1H3,(H2,17,18). The maximum absolute atomic E-state index is 13.2. The first kappa shape index (κ1) is 14.3. The van der Waals surface area contributed by atoms with Crippen molar-refractivity contribution in [3.8, 4) is 0 Å². The highest BCUT2D eigenvalue weighted by Gasteiger charge is 2.16. The third-order valence-corrected chi connectivity index (χ3v) is 4.30. The normalized spacial score (nSPS) is 17.8. The number of hydrogen-bond donors (Lipinski definition) is 1. The third kappa shape index (κ3) is 3.93. The zero-order chi connectivity index (χ0) is 13.8. The molecule has 0 spiro atoms. The summed E-state index contributed by atoms with van der Waals surface area (Å²) >= 11 is 3.39. The van der Waals surface area contributed by atoms with E-state index in [0.29, 0.717) is 12.5 Å². The molecule has 0 atom stereocenters. The second kappa shape index (κ2) is 6.37. The molecule has 0 aromatic heterocycles. The van der Waals surface area contributed by atoms with Crippen molar-refractivity contribution in [1.29, 1.82) is 0 Å². The summed E-state index contributed by atoms with van der Waals surface area (Å²) in [5.74, 6) is 1.07. The summed E-state index contributed by atoms with van der Waals surface area (Å²) in [6.45, 7) is 4.58. The number of nitrogens with two attached hydrogens (primary N) is 1. The van der Waals surface area contributed by atoms with Gasteiger partial charge in [0.25, 0.3) is 0 Å². The Morgan fingerprint density at radius 2 is 2.16 bits per heavy atom. The second-order valence-corrected chi connectivity index (χ2v) is 5.93. The van der Waals surface area contributed by atoms with Crippen molar-refractivity contribution in [3.05, 3.63) is 34.1 Å². The summed E-state index contributed by atoms with van der Waals surface area (Å²) in [6, 6.07) is 4.60. The van der Waals surface area contributed by atoms with Crippen LogP contribution in [0, 0.1) is 11.7 Å². The van der Waals surface area contributed by atoms with Gasteiger partial charge >= 0.3 is 0 Å². The van der Waals surface area contributed by atoms with Gasteiger partial charge in [0.05, 0.1) is 6.54 Å². The zero-order valence-corrected chi connectivity index (χ0v) is 12.7. The average Bonchev–Trinajstić information content (AvgIpc) is 2.40. The first-order chi connectivity index (χ1) is 9.06. The van der Waals surface area contributed by atoms with Crippen LogP contribution in [-0.4, -0.2) is 23.9 Å². The van der Waals surface area contributed by atoms with Gasteiger partial charge in [-0.1, -0.05) is 22.9 Å². The second-order valence-electron chi connectivity index (χ2n) is 5.08. The fourth-order valence-corrected chi connectivity index (χ4v) is 2.54. The van der Waals surface area contributed by atoms with Gasteiger partial charge in [0.1, 0.15) is 5.82 Å². The van der Waals surface area contributed by atoms with E-state index in [2.05, 4.69) is 32.7 Å². The Morgan fingerprint density at radius 3 is 2.84 bits per heavy atom. The van der Waals surface area contributed by atoms with Gasteiger partial charge in [0, 0.05) is 17.6 Å². The summed E-state index contributed by atoms with van der Waals surface area (Å²) in [6.07, 6.45) is 2.31. The van der Waals surface area contributed by atoms with Gasteiger partial charge in [-0.15, -0.1) is 0 Å². The first-order valence-electron chi connectivity index (χ1n) is 6.55. The lowest BCUT2D eigenvalue weighted by atomic mass is 10.00. The van der Waals surface area contributed by atoms with E-state index < -0.39 is 0 Å². The van der Waals surface area contributed by atoms with Crippen molar-refractivity contribution in [1.82, 2.24) is 4.90 Å². The third-order valence-electron chi connectivity index (χ3n) is 3.53. The van der Waals surface area contributed by atoms with Crippen molar-refractivity contribution in [2.24, 2.45) is 16.6 Å². The zero-order valence-electron chi connectivity index (χ0n) is 11.1. The molecule has 1 heterocycles. The molecule has 0 radical (unpaired) electrons. The van der Waals surface area contributed by atoms with E-state index in [1.807, 2.05) is 0 Å². The number of benzene rings is 1. The number of piperidine rings is 1. The number of hydrogen-bond acceptors (Lipinski definition) is 1. The van der Waals surface area contributed by atoms with Crippen molar-refractivity contribution < 1.29 is 4.39 Å². The Labute approximate surface area is 121 Å². The predicted octanol–water partition coefficient (Wildman–Crippen LogP) is 3.13. The SMILES string of the molecule is CC1CCN(C(N)=NCc2cc(F)ccc2Br)CC1. The number of likely N-dealkylation sites (tertiary alicyclic amines) is 1. The molecule has 0 bridgehead atoms. The summed E-state index contributed by atoms with van der Waals surface area (Å²) in [5, 5.41) is 0. The van der Waals surface area contributed by atoms with Crippen LogP contribution in [-0.2, 0) is 6.54 Å². The van der Waals surface area contributed by atoms with E-state index in [4.69, 9.17) is 5.73 Å². The molecular weight excluding hydrogens is 309 g/mol. The van der Waals surface area contributed by atoms with E-state index in [1.165, 1.54) is 12.1 Å². The number of guanidine groups is 1. The molecule has 1 aromatic carbocycles. The summed E-state index contributed by atoms with van der Waals surface area (Å²) < 4.78 is 14.0. The molecular formula is C14H19BrFN3. The lowest BCUT2D eigenvalue weighted by Crippen LogP contribution is -2.42. The molecule has 0 unspecified atom stereocenters. The van der Waals surface area contributed by atoms with Gasteiger partial charge in [0.15, 0.2) is 5.96 Å². The highest BCUT2D eigenvalue weighted by Crippen LogP contribution is 2.19. The first-order valence-corrected chi connectivity index (χ1v) is 7.34. The number of aliphatic imine (C=N–C) groups is 1. The minimum Gasteiger partial charge on any atom is -0.370 e. The van der Waals surface area contributed by atoms with Crippen LogP contribution in [0.15, 0.2) is 27.7 Å². The van der Waals surface area contributed by atoms with Crippen LogP contribution in [0.5, 0.6) is 0 Å². The molecule has 2 N–H and O–H groups in total. The Hall–Kier alpha value is -1.10. The number of rotatable bonds is 2. The monoisotopic (exact) mass is 327 g/mol. The lowest BCUT2D eigenvalue weighted by molar-refractivity contribution is 0.277. The molecule has 19 heavy (non-hydrogen) atoms. The molecule has 1 aromatic rings. The Morgan fingerprint density at radius 1 is 1.47 bits per heavy atom. The van der Waals surface area contributed by atoms with Crippen LogP contribution < -0.4 is 5.73 Å². The quantitative estimate of drug-likeness (QED) is 0.669. The molecule has 3 nitrogen and oxygen atoms in total. The molecule has 1 fully saturated rings. The van der Waals surface area contributed by atoms with Crippen molar-refractivity contribution in [3.63, 3.8) is 0 Å². The number of nitrogens with zero attached hydrogens (tertiary/aromatic N) is 2. The average molecular weight is 328 g/mol. The van der Waals surface area contributed by atoms with Crippen LogP contribution in [0.4, 0.5) is 4.39 Å². The maximum atomic E-state index is 13.2. The fraction of sp³-hybridized carbons (Fsp3) is 0.500. The van der Waals surface area contributed by atoms with Crippen molar-refractivity contribution in [2.45, 2.75) is 26.3 Å². The molecule has 1 aliphatic rings. The Kier molecular flexibility index (Phi) is 4.80. The van der Waals surface area contributed by atoms with Gasteiger partial charge in [-0.25, -0.2) is 9.38 Å². The molecule has 2 rings (SSSR count). The Bertz CT molecular complexity index is 468. The lowest BCUT2D eigenvalue weighted by Gasteiger charge is -2.31. The molecule has 0 amide bonds. The number of halogens is 2. The van der Waals surface area contributed by atoms with Crippen LogP contribution in [0.3, 0.4) is 0 Å². The summed E-state index contributed by atoms with van der Waals surface area (Å²) in [4.78, 5) is 6.47. The van der Waals surface area contributed by atoms with Gasteiger partial charge in [-0.05, 0) is 42.5 Å². The molecule has 1 aliphatic heterocycles. The van der Waals surface area contributed by atoms with E-state index in [1.54, 1.807) is 6.07 Å². The van der Waals surface area contributed by atoms with Gasteiger partial charge in [-0.3, -0.25) is 0 Å². The van der Waals surface area contributed by atoms with E-state index in [9.17, 15) is 4.39 Å². The molecule has 0 saturated carbocycles. The molecule has 5 heteroatoms. The predicted molar refractivity (Wildman–Crippen MR) is 79.4 cm³/mol. The minimum atomic E-state index is -0.251. The Balaban J connectivity index is 1.99. The van der Waals surface area contributed by atoms with E-state index in [-0.39, 0.29) is 5.82 Å². The smallest absolute Gasteiger partial charge is 0.191 e. The molecule has 104 valence electrons. The van der Waals surface area contributed by atoms with E-state index in [0.717, 1.165) is 41.9 Å². The van der Waals surface area contributed by atoms with Gasteiger partial charge < -0.3 is 10.6 Å². The summed E-state index contributed by atoms with van der Waals surface area (Å²) in [5.41, 5.74) is 6.81. The minimum absolute atomic E-state index is 0.251. The van der Waals surface area contributed by atoms with Crippen LogP contribution in [0.25, 0.3) is 0 Å².